The first-order valence-electron chi connectivity index (χ1n) is 5.56. The summed E-state index contributed by atoms with van der Waals surface area (Å²) in [4.78, 5) is 0. The minimum atomic E-state index is -0.142. The highest BCUT2D eigenvalue weighted by Gasteiger charge is 2.01. The van der Waals surface area contributed by atoms with Gasteiger partial charge in [-0.25, -0.2) is 4.39 Å². The van der Waals surface area contributed by atoms with Gasteiger partial charge in [0.05, 0.1) is 0 Å². The Labute approximate surface area is 95.7 Å². The first kappa shape index (κ1) is 10.9. The number of halogens is 1. The highest BCUT2D eigenvalue weighted by Crippen LogP contribution is 2.22. The van der Waals surface area contributed by atoms with E-state index < -0.39 is 0 Å². The van der Waals surface area contributed by atoms with Crippen molar-refractivity contribution in [1.29, 1.82) is 0 Å². The van der Waals surface area contributed by atoms with Crippen LogP contribution >= 0.6 is 0 Å². The van der Waals surface area contributed by atoms with Gasteiger partial charge in [-0.3, -0.25) is 0 Å². The molecule has 0 amide bonds. The second kappa shape index (κ2) is 4.48. The number of hydrogen-bond donors (Lipinski definition) is 0. The molecule has 0 bridgehead atoms. The van der Waals surface area contributed by atoms with E-state index in [-0.39, 0.29) is 5.82 Å². The average molecular weight is 214 g/mol. The van der Waals surface area contributed by atoms with Crippen LogP contribution in [0, 0.1) is 12.7 Å². The van der Waals surface area contributed by atoms with E-state index in [4.69, 9.17) is 0 Å². The van der Waals surface area contributed by atoms with Gasteiger partial charge in [0.2, 0.25) is 0 Å². The third-order valence-electron chi connectivity index (χ3n) is 2.87. The summed E-state index contributed by atoms with van der Waals surface area (Å²) in [5, 5.41) is 0. The molecule has 0 aromatic heterocycles. The molecule has 0 spiro atoms. The van der Waals surface area contributed by atoms with Crippen LogP contribution in [-0.4, -0.2) is 0 Å². The second-order valence-corrected chi connectivity index (χ2v) is 4.01. The van der Waals surface area contributed by atoms with Crippen molar-refractivity contribution in [3.8, 4) is 11.1 Å². The SMILES string of the molecule is CCc1ccc(-c2ccc(C)c(F)c2)cc1. The molecule has 1 heteroatoms. The maximum Gasteiger partial charge on any atom is 0.126 e. The summed E-state index contributed by atoms with van der Waals surface area (Å²) >= 11 is 0. The maximum absolute atomic E-state index is 13.4. The Balaban J connectivity index is 2.38. The third kappa shape index (κ3) is 2.13. The maximum atomic E-state index is 13.4. The fraction of sp³-hybridized carbons (Fsp3) is 0.200. The standard InChI is InChI=1S/C15H15F/c1-3-12-5-8-13(9-6-12)14-7-4-11(2)15(16)10-14/h4-10H,3H2,1-2H3. The Bertz CT molecular complexity index is 483. The second-order valence-electron chi connectivity index (χ2n) is 4.01. The molecule has 0 heterocycles. The van der Waals surface area contributed by atoms with Gasteiger partial charge in [0.1, 0.15) is 5.82 Å². The summed E-state index contributed by atoms with van der Waals surface area (Å²) in [6.45, 7) is 3.90. The van der Waals surface area contributed by atoms with E-state index in [9.17, 15) is 4.39 Å². The first-order chi connectivity index (χ1) is 7.70. The zero-order chi connectivity index (χ0) is 11.5. The van der Waals surface area contributed by atoms with Crippen LogP contribution in [0.2, 0.25) is 0 Å². The smallest absolute Gasteiger partial charge is 0.126 e. The molecule has 0 fully saturated rings. The number of hydrogen-bond acceptors (Lipinski definition) is 0. The van der Waals surface area contributed by atoms with Gasteiger partial charge in [-0.1, -0.05) is 43.3 Å². The topological polar surface area (TPSA) is 0 Å². The average Bonchev–Trinajstić information content (AvgIpc) is 2.33. The van der Waals surface area contributed by atoms with E-state index in [1.54, 1.807) is 13.0 Å². The lowest BCUT2D eigenvalue weighted by Gasteiger charge is -2.04. The zero-order valence-corrected chi connectivity index (χ0v) is 9.63. The third-order valence-corrected chi connectivity index (χ3v) is 2.87. The van der Waals surface area contributed by atoms with Crippen molar-refractivity contribution in [2.24, 2.45) is 0 Å². The minimum absolute atomic E-state index is 0.142. The van der Waals surface area contributed by atoms with Gasteiger partial charge < -0.3 is 0 Å². The lowest BCUT2D eigenvalue weighted by atomic mass is 10.0. The Hall–Kier alpha value is -1.63. The van der Waals surface area contributed by atoms with E-state index in [1.807, 2.05) is 24.3 Å². The molecule has 0 aliphatic heterocycles. The van der Waals surface area contributed by atoms with Crippen LogP contribution < -0.4 is 0 Å². The van der Waals surface area contributed by atoms with Gasteiger partial charge in [0.15, 0.2) is 0 Å². The molecule has 0 aliphatic rings. The molecule has 0 unspecified atom stereocenters. The molecule has 0 radical (unpaired) electrons. The van der Waals surface area contributed by atoms with Gasteiger partial charge in [-0.05, 0) is 41.7 Å². The van der Waals surface area contributed by atoms with Crippen molar-refractivity contribution in [3.05, 3.63) is 59.4 Å². The molecule has 0 atom stereocenters. The summed E-state index contributed by atoms with van der Waals surface area (Å²) in [6.07, 6.45) is 1.03. The van der Waals surface area contributed by atoms with Crippen LogP contribution in [0.4, 0.5) is 4.39 Å². The molecule has 2 aromatic carbocycles. The number of benzene rings is 2. The first-order valence-corrected chi connectivity index (χ1v) is 5.56. The molecule has 0 nitrogen and oxygen atoms in total. The van der Waals surface area contributed by atoms with E-state index >= 15 is 0 Å². The van der Waals surface area contributed by atoms with Gasteiger partial charge >= 0.3 is 0 Å². The van der Waals surface area contributed by atoms with E-state index in [1.165, 1.54) is 5.56 Å². The molecule has 0 saturated carbocycles. The van der Waals surface area contributed by atoms with Crippen LogP contribution in [0.5, 0.6) is 0 Å². The fourth-order valence-electron chi connectivity index (χ4n) is 1.71. The van der Waals surface area contributed by atoms with E-state index in [0.717, 1.165) is 17.5 Å². The molecule has 16 heavy (non-hydrogen) atoms. The molecule has 82 valence electrons. The summed E-state index contributed by atoms with van der Waals surface area (Å²) in [5.41, 5.74) is 3.99. The largest absolute Gasteiger partial charge is 0.207 e. The van der Waals surface area contributed by atoms with Crippen molar-refractivity contribution < 1.29 is 4.39 Å². The Morgan fingerprint density at radius 1 is 0.938 bits per heavy atom. The van der Waals surface area contributed by atoms with E-state index in [2.05, 4.69) is 19.1 Å². The Morgan fingerprint density at radius 3 is 2.12 bits per heavy atom. The van der Waals surface area contributed by atoms with E-state index in [0.29, 0.717) is 5.56 Å². The normalized spacial score (nSPS) is 10.4. The molecule has 0 N–H and O–H groups in total. The van der Waals surface area contributed by atoms with Crippen molar-refractivity contribution in [3.63, 3.8) is 0 Å². The van der Waals surface area contributed by atoms with Crippen LogP contribution in [0.15, 0.2) is 42.5 Å². The minimum Gasteiger partial charge on any atom is -0.207 e. The molecule has 2 aromatic rings. The van der Waals surface area contributed by atoms with Crippen LogP contribution in [0.25, 0.3) is 11.1 Å². The quantitative estimate of drug-likeness (QED) is 0.696. The van der Waals surface area contributed by atoms with Gasteiger partial charge in [-0.15, -0.1) is 0 Å². The molecule has 2 rings (SSSR count). The van der Waals surface area contributed by atoms with Gasteiger partial charge in [0.25, 0.3) is 0 Å². The molecular weight excluding hydrogens is 199 g/mol. The Morgan fingerprint density at radius 2 is 1.56 bits per heavy atom. The highest BCUT2D eigenvalue weighted by atomic mass is 19.1. The van der Waals surface area contributed by atoms with Crippen LogP contribution in [0.3, 0.4) is 0 Å². The summed E-state index contributed by atoms with van der Waals surface area (Å²) < 4.78 is 13.4. The number of rotatable bonds is 2. The molecular formula is C15H15F. The highest BCUT2D eigenvalue weighted by molar-refractivity contribution is 5.64. The van der Waals surface area contributed by atoms with Crippen molar-refractivity contribution in [2.45, 2.75) is 20.3 Å². The predicted octanol–water partition coefficient (Wildman–Crippen LogP) is 4.36. The van der Waals surface area contributed by atoms with Crippen molar-refractivity contribution in [2.75, 3.05) is 0 Å². The molecule has 0 saturated heterocycles. The number of aryl methyl sites for hydroxylation is 2. The molecule has 0 aliphatic carbocycles. The van der Waals surface area contributed by atoms with Gasteiger partial charge in [0, 0.05) is 0 Å². The lowest BCUT2D eigenvalue weighted by Crippen LogP contribution is -1.85. The summed E-state index contributed by atoms with van der Waals surface area (Å²) in [7, 11) is 0. The lowest BCUT2D eigenvalue weighted by molar-refractivity contribution is 0.619. The van der Waals surface area contributed by atoms with Crippen LogP contribution in [-0.2, 0) is 6.42 Å². The fourth-order valence-corrected chi connectivity index (χ4v) is 1.71. The van der Waals surface area contributed by atoms with Gasteiger partial charge in [-0.2, -0.15) is 0 Å². The van der Waals surface area contributed by atoms with Crippen LogP contribution in [0.1, 0.15) is 18.1 Å². The zero-order valence-electron chi connectivity index (χ0n) is 9.63. The van der Waals surface area contributed by atoms with Crippen molar-refractivity contribution in [1.82, 2.24) is 0 Å². The monoisotopic (exact) mass is 214 g/mol. The predicted molar refractivity (Wildman–Crippen MR) is 66.0 cm³/mol. The summed E-state index contributed by atoms with van der Waals surface area (Å²) in [6, 6.07) is 13.6. The summed E-state index contributed by atoms with van der Waals surface area (Å²) in [5.74, 6) is -0.142. The Kier molecular flexibility index (Phi) is 3.04. The van der Waals surface area contributed by atoms with Crippen molar-refractivity contribution >= 4 is 0 Å².